The first-order valence-corrected chi connectivity index (χ1v) is 5.16. The van der Waals surface area contributed by atoms with Crippen LogP contribution in [0.25, 0.3) is 0 Å². The summed E-state index contributed by atoms with van der Waals surface area (Å²) in [5.41, 5.74) is 2.03. The molecule has 72 valence electrons. The van der Waals surface area contributed by atoms with Gasteiger partial charge in [-0.05, 0) is 24.6 Å². The molecule has 0 aliphatic heterocycles. The van der Waals surface area contributed by atoms with E-state index in [0.717, 1.165) is 11.1 Å². The first kappa shape index (κ1) is 10.8. The third-order valence-electron chi connectivity index (χ3n) is 1.77. The van der Waals surface area contributed by atoms with E-state index in [4.69, 9.17) is 5.11 Å². The van der Waals surface area contributed by atoms with Gasteiger partial charge in [0.2, 0.25) is 0 Å². The molecule has 0 atom stereocenters. The molecule has 0 saturated carbocycles. The van der Waals surface area contributed by atoms with Crippen molar-refractivity contribution >= 4 is 21.9 Å². The van der Waals surface area contributed by atoms with Crippen LogP contribution in [0.15, 0.2) is 18.2 Å². The molecular formula is C11H9BrO2. The summed E-state index contributed by atoms with van der Waals surface area (Å²) in [5, 5.41) is 9.36. The zero-order chi connectivity index (χ0) is 10.6. The van der Waals surface area contributed by atoms with Crippen molar-refractivity contribution in [3.8, 4) is 11.8 Å². The molecule has 0 saturated heterocycles. The van der Waals surface area contributed by atoms with E-state index in [9.17, 15) is 4.79 Å². The molecule has 0 bridgehead atoms. The van der Waals surface area contributed by atoms with Gasteiger partial charge in [-0.25, -0.2) is 4.79 Å². The summed E-state index contributed by atoms with van der Waals surface area (Å²) in [7, 11) is 0. The van der Waals surface area contributed by atoms with Gasteiger partial charge in [-0.15, -0.1) is 0 Å². The van der Waals surface area contributed by atoms with Gasteiger partial charge < -0.3 is 5.11 Å². The van der Waals surface area contributed by atoms with Crippen LogP contribution in [0.1, 0.15) is 21.5 Å². The molecule has 0 amide bonds. The second-order valence-electron chi connectivity index (χ2n) is 2.77. The number of carboxylic acids is 1. The minimum Gasteiger partial charge on any atom is -0.478 e. The summed E-state index contributed by atoms with van der Waals surface area (Å²) in [6.07, 6.45) is 0. The normalized spacial score (nSPS) is 9.00. The number of rotatable bonds is 1. The fraction of sp³-hybridized carbons (Fsp3) is 0.182. The highest BCUT2D eigenvalue weighted by molar-refractivity contribution is 9.09. The average Bonchev–Trinajstić information content (AvgIpc) is 2.16. The Kier molecular flexibility index (Phi) is 3.73. The quantitative estimate of drug-likeness (QED) is 0.616. The minimum absolute atomic E-state index is 0.273. The fourth-order valence-corrected chi connectivity index (χ4v) is 1.16. The second-order valence-corrected chi connectivity index (χ2v) is 3.33. The van der Waals surface area contributed by atoms with Crippen LogP contribution in [0.2, 0.25) is 0 Å². The number of carbonyl (C=O) groups is 1. The third-order valence-corrected chi connectivity index (χ3v) is 2.05. The molecule has 14 heavy (non-hydrogen) atoms. The minimum atomic E-state index is -0.924. The average molecular weight is 253 g/mol. The van der Waals surface area contributed by atoms with Crippen molar-refractivity contribution in [1.29, 1.82) is 0 Å². The highest BCUT2D eigenvalue weighted by Crippen LogP contribution is 2.10. The van der Waals surface area contributed by atoms with Crippen LogP contribution in [-0.4, -0.2) is 16.4 Å². The number of aromatic carboxylic acids is 1. The van der Waals surface area contributed by atoms with Crippen molar-refractivity contribution in [2.75, 3.05) is 5.33 Å². The van der Waals surface area contributed by atoms with Crippen LogP contribution in [0, 0.1) is 18.8 Å². The molecular weight excluding hydrogens is 244 g/mol. The molecule has 2 nitrogen and oxygen atoms in total. The Hall–Kier alpha value is -1.27. The monoisotopic (exact) mass is 252 g/mol. The first-order valence-electron chi connectivity index (χ1n) is 4.04. The summed E-state index contributed by atoms with van der Waals surface area (Å²) in [5.74, 6) is 4.82. The smallest absolute Gasteiger partial charge is 0.335 e. The Balaban J connectivity index is 3.14. The maximum atomic E-state index is 10.7. The molecule has 1 rings (SSSR count). The Morgan fingerprint density at radius 2 is 2.29 bits per heavy atom. The summed E-state index contributed by atoms with van der Waals surface area (Å²) >= 11 is 3.19. The zero-order valence-corrected chi connectivity index (χ0v) is 9.26. The molecule has 0 heterocycles. The Labute approximate surface area is 91.1 Å². The van der Waals surface area contributed by atoms with E-state index in [-0.39, 0.29) is 5.56 Å². The first-order chi connectivity index (χ1) is 6.65. The van der Waals surface area contributed by atoms with E-state index >= 15 is 0 Å². The van der Waals surface area contributed by atoms with Gasteiger partial charge in [0.05, 0.1) is 10.9 Å². The van der Waals surface area contributed by atoms with Crippen molar-refractivity contribution in [2.24, 2.45) is 0 Å². The molecule has 1 aromatic carbocycles. The number of hydrogen-bond donors (Lipinski definition) is 1. The number of carboxylic acid groups (broad SMARTS) is 1. The van der Waals surface area contributed by atoms with E-state index in [1.54, 1.807) is 18.2 Å². The number of halogens is 1. The molecule has 3 heteroatoms. The van der Waals surface area contributed by atoms with E-state index in [2.05, 4.69) is 27.8 Å². The maximum absolute atomic E-state index is 10.7. The van der Waals surface area contributed by atoms with Gasteiger partial charge in [-0.1, -0.05) is 33.8 Å². The lowest BCUT2D eigenvalue weighted by molar-refractivity contribution is 0.0697. The predicted molar refractivity (Wildman–Crippen MR) is 58.8 cm³/mol. The van der Waals surface area contributed by atoms with Gasteiger partial charge in [-0.3, -0.25) is 0 Å². The molecule has 0 fully saturated rings. The molecule has 0 unspecified atom stereocenters. The Morgan fingerprint density at radius 3 is 2.86 bits per heavy atom. The van der Waals surface area contributed by atoms with Gasteiger partial charge in [0, 0.05) is 5.56 Å². The summed E-state index contributed by atoms with van der Waals surface area (Å²) in [4.78, 5) is 10.7. The Bertz CT molecular complexity index is 413. The summed E-state index contributed by atoms with van der Waals surface area (Å²) in [6, 6.07) is 4.94. The third kappa shape index (κ3) is 2.61. The largest absolute Gasteiger partial charge is 0.478 e. The number of alkyl halides is 1. The lowest BCUT2D eigenvalue weighted by Gasteiger charge is -1.99. The number of aryl methyl sites for hydroxylation is 1. The van der Waals surface area contributed by atoms with Crippen LogP contribution >= 0.6 is 15.9 Å². The van der Waals surface area contributed by atoms with Gasteiger partial charge in [0.1, 0.15) is 0 Å². The SMILES string of the molecule is Cc1ccc(C(=O)O)cc1C#CCBr. The van der Waals surface area contributed by atoms with Gasteiger partial charge in [0.25, 0.3) is 0 Å². The molecule has 0 spiro atoms. The molecule has 1 N–H and O–H groups in total. The second kappa shape index (κ2) is 4.83. The molecule has 0 aliphatic rings. The van der Waals surface area contributed by atoms with Gasteiger partial charge in [0.15, 0.2) is 0 Å². The fourth-order valence-electron chi connectivity index (χ4n) is 1.02. The lowest BCUT2D eigenvalue weighted by Crippen LogP contribution is -1.97. The summed E-state index contributed by atoms with van der Waals surface area (Å²) < 4.78 is 0. The molecule has 1 aromatic rings. The number of hydrogen-bond acceptors (Lipinski definition) is 1. The van der Waals surface area contributed by atoms with Gasteiger partial charge >= 0.3 is 5.97 Å². The zero-order valence-electron chi connectivity index (χ0n) is 7.67. The molecule has 0 aromatic heterocycles. The maximum Gasteiger partial charge on any atom is 0.335 e. The van der Waals surface area contributed by atoms with E-state index in [0.29, 0.717) is 5.33 Å². The van der Waals surface area contributed by atoms with Crippen molar-refractivity contribution in [2.45, 2.75) is 6.92 Å². The number of benzene rings is 1. The van der Waals surface area contributed by atoms with Crippen LogP contribution in [0.5, 0.6) is 0 Å². The van der Waals surface area contributed by atoms with Crippen LogP contribution < -0.4 is 0 Å². The van der Waals surface area contributed by atoms with Crippen LogP contribution in [0.4, 0.5) is 0 Å². The van der Waals surface area contributed by atoms with Gasteiger partial charge in [-0.2, -0.15) is 0 Å². The highest BCUT2D eigenvalue weighted by Gasteiger charge is 2.03. The lowest BCUT2D eigenvalue weighted by atomic mass is 10.1. The van der Waals surface area contributed by atoms with Crippen molar-refractivity contribution in [3.63, 3.8) is 0 Å². The molecule has 0 radical (unpaired) electrons. The molecule has 0 aliphatic carbocycles. The van der Waals surface area contributed by atoms with E-state index in [1.807, 2.05) is 6.92 Å². The van der Waals surface area contributed by atoms with Crippen molar-refractivity contribution in [3.05, 3.63) is 34.9 Å². The highest BCUT2D eigenvalue weighted by atomic mass is 79.9. The van der Waals surface area contributed by atoms with E-state index < -0.39 is 5.97 Å². The van der Waals surface area contributed by atoms with E-state index in [1.165, 1.54) is 0 Å². The van der Waals surface area contributed by atoms with Crippen molar-refractivity contribution in [1.82, 2.24) is 0 Å². The van der Waals surface area contributed by atoms with Crippen LogP contribution in [0.3, 0.4) is 0 Å². The summed E-state index contributed by atoms with van der Waals surface area (Å²) in [6.45, 7) is 1.91. The predicted octanol–water partition coefficient (Wildman–Crippen LogP) is 2.44. The van der Waals surface area contributed by atoms with Crippen LogP contribution in [-0.2, 0) is 0 Å². The topological polar surface area (TPSA) is 37.3 Å². The standard InChI is InChI=1S/C11H9BrO2/c1-8-4-5-10(11(13)14)7-9(8)3-2-6-12/h4-5,7H,6H2,1H3,(H,13,14). The van der Waals surface area contributed by atoms with Crippen molar-refractivity contribution < 1.29 is 9.90 Å². The Morgan fingerprint density at radius 1 is 1.57 bits per heavy atom.